The van der Waals surface area contributed by atoms with Crippen LogP contribution in [0, 0.1) is 12.3 Å². The Bertz CT molecular complexity index is 554. The molecule has 19 heavy (non-hydrogen) atoms. The largest absolute Gasteiger partial charge is 0.492 e. The van der Waals surface area contributed by atoms with Crippen molar-refractivity contribution < 1.29 is 24.1 Å². The van der Waals surface area contributed by atoms with Crippen LogP contribution < -0.4 is 14.2 Å². The predicted octanol–water partition coefficient (Wildman–Crippen LogP) is 1.92. The van der Waals surface area contributed by atoms with Gasteiger partial charge in [-0.3, -0.25) is 0 Å². The molecule has 2 rings (SSSR count). The minimum Gasteiger partial charge on any atom is -0.492 e. The molecule has 1 aliphatic rings. The van der Waals surface area contributed by atoms with E-state index in [0.717, 1.165) is 6.08 Å². The van der Waals surface area contributed by atoms with Gasteiger partial charge >= 0.3 is 5.97 Å². The molecule has 1 heterocycles. The summed E-state index contributed by atoms with van der Waals surface area (Å²) in [6.07, 6.45) is 8.09. The molecule has 0 amide bonds. The lowest BCUT2D eigenvalue weighted by Gasteiger charge is -2.09. The first-order valence-corrected chi connectivity index (χ1v) is 5.61. The molecular weight excluding hydrogens is 248 g/mol. The molecule has 0 saturated heterocycles. The van der Waals surface area contributed by atoms with E-state index in [0.29, 0.717) is 35.8 Å². The Kier molecular flexibility index (Phi) is 3.94. The third-order valence-corrected chi connectivity index (χ3v) is 2.41. The molecule has 1 aromatic rings. The summed E-state index contributed by atoms with van der Waals surface area (Å²) >= 11 is 0. The third-order valence-electron chi connectivity index (χ3n) is 2.41. The van der Waals surface area contributed by atoms with Gasteiger partial charge in [0.25, 0.3) is 0 Å². The summed E-state index contributed by atoms with van der Waals surface area (Å²) < 4.78 is 16.0. The number of hydrogen-bond acceptors (Lipinski definition) is 4. The Morgan fingerprint density at radius 2 is 2.21 bits per heavy atom. The topological polar surface area (TPSA) is 65.0 Å². The normalized spacial score (nSPS) is 12.4. The minimum absolute atomic E-state index is 0.144. The van der Waals surface area contributed by atoms with Crippen molar-refractivity contribution >= 4 is 12.0 Å². The van der Waals surface area contributed by atoms with E-state index in [1.807, 2.05) is 0 Å². The Hall–Kier alpha value is -2.61. The maximum atomic E-state index is 10.6. The highest BCUT2D eigenvalue weighted by molar-refractivity contribution is 5.86. The van der Waals surface area contributed by atoms with Crippen molar-refractivity contribution in [3.63, 3.8) is 0 Å². The molecule has 0 unspecified atom stereocenters. The van der Waals surface area contributed by atoms with Crippen LogP contribution in [0.1, 0.15) is 12.0 Å². The number of terminal acetylenes is 1. The molecular formula is C14H12O5. The molecule has 0 atom stereocenters. The maximum absolute atomic E-state index is 10.6. The van der Waals surface area contributed by atoms with Gasteiger partial charge in [-0.15, -0.1) is 12.3 Å². The zero-order chi connectivity index (χ0) is 13.7. The van der Waals surface area contributed by atoms with E-state index in [4.69, 9.17) is 25.7 Å². The molecule has 0 fully saturated rings. The van der Waals surface area contributed by atoms with Gasteiger partial charge in [0.1, 0.15) is 5.75 Å². The fourth-order valence-electron chi connectivity index (χ4n) is 1.58. The Balaban J connectivity index is 2.27. The van der Waals surface area contributed by atoms with E-state index >= 15 is 0 Å². The van der Waals surface area contributed by atoms with Crippen LogP contribution in [0.5, 0.6) is 17.2 Å². The third kappa shape index (κ3) is 3.19. The lowest BCUT2D eigenvalue weighted by molar-refractivity contribution is -0.131. The first kappa shape index (κ1) is 12.8. The predicted molar refractivity (Wildman–Crippen MR) is 68.2 cm³/mol. The highest BCUT2D eigenvalue weighted by Gasteiger charge is 2.17. The number of hydrogen-bond donors (Lipinski definition) is 1. The van der Waals surface area contributed by atoms with E-state index in [1.165, 1.54) is 6.08 Å². The second kappa shape index (κ2) is 5.83. The molecule has 0 bridgehead atoms. The van der Waals surface area contributed by atoms with Gasteiger partial charge < -0.3 is 19.3 Å². The number of ether oxygens (including phenoxy) is 3. The molecule has 0 radical (unpaired) electrons. The smallest absolute Gasteiger partial charge is 0.328 e. The van der Waals surface area contributed by atoms with Crippen molar-refractivity contribution in [3.05, 3.63) is 23.8 Å². The van der Waals surface area contributed by atoms with Crippen molar-refractivity contribution in [2.45, 2.75) is 6.42 Å². The summed E-state index contributed by atoms with van der Waals surface area (Å²) in [6, 6.07) is 3.34. The molecule has 1 N–H and O–H groups in total. The summed E-state index contributed by atoms with van der Waals surface area (Å²) in [6.45, 7) is 0.495. The maximum Gasteiger partial charge on any atom is 0.328 e. The fourth-order valence-corrected chi connectivity index (χ4v) is 1.58. The quantitative estimate of drug-likeness (QED) is 0.497. The number of benzene rings is 1. The summed E-state index contributed by atoms with van der Waals surface area (Å²) in [4.78, 5) is 10.6. The monoisotopic (exact) mass is 260 g/mol. The summed E-state index contributed by atoms with van der Waals surface area (Å²) in [5.41, 5.74) is 0.601. The first-order valence-electron chi connectivity index (χ1n) is 5.61. The van der Waals surface area contributed by atoms with Crippen molar-refractivity contribution in [2.75, 3.05) is 13.4 Å². The second-order valence-corrected chi connectivity index (χ2v) is 3.72. The lowest BCUT2D eigenvalue weighted by Crippen LogP contribution is -1.98. The molecule has 0 aromatic heterocycles. The fraction of sp³-hybridized carbons (Fsp3) is 0.214. The van der Waals surface area contributed by atoms with Gasteiger partial charge in [0.15, 0.2) is 11.5 Å². The summed E-state index contributed by atoms with van der Waals surface area (Å²) in [7, 11) is 0. The number of aliphatic carboxylic acids is 1. The van der Waals surface area contributed by atoms with Crippen molar-refractivity contribution in [1.29, 1.82) is 0 Å². The van der Waals surface area contributed by atoms with Gasteiger partial charge in [-0.1, -0.05) is 0 Å². The van der Waals surface area contributed by atoms with Crippen LogP contribution >= 0.6 is 0 Å². The van der Waals surface area contributed by atoms with Gasteiger partial charge in [0.2, 0.25) is 6.79 Å². The molecule has 0 spiro atoms. The molecule has 1 aromatic carbocycles. The van der Waals surface area contributed by atoms with Crippen molar-refractivity contribution in [1.82, 2.24) is 0 Å². The van der Waals surface area contributed by atoms with E-state index in [2.05, 4.69) is 5.92 Å². The van der Waals surface area contributed by atoms with Crippen molar-refractivity contribution in [2.24, 2.45) is 0 Å². The Morgan fingerprint density at radius 1 is 1.47 bits per heavy atom. The molecule has 5 heteroatoms. The number of carboxylic acid groups (broad SMARTS) is 1. The Morgan fingerprint density at radius 3 is 2.89 bits per heavy atom. The van der Waals surface area contributed by atoms with Crippen molar-refractivity contribution in [3.8, 4) is 29.6 Å². The highest BCUT2D eigenvalue weighted by atomic mass is 16.7. The van der Waals surface area contributed by atoms with Gasteiger partial charge in [-0.2, -0.15) is 0 Å². The number of carbonyl (C=O) groups is 1. The zero-order valence-electron chi connectivity index (χ0n) is 10.1. The minimum atomic E-state index is -1.03. The number of carboxylic acids is 1. The lowest BCUT2D eigenvalue weighted by atomic mass is 10.1. The average Bonchev–Trinajstić information content (AvgIpc) is 2.83. The van der Waals surface area contributed by atoms with E-state index in [9.17, 15) is 4.79 Å². The van der Waals surface area contributed by atoms with Gasteiger partial charge in [0.05, 0.1) is 6.61 Å². The van der Waals surface area contributed by atoms with Gasteiger partial charge in [-0.05, 0) is 12.1 Å². The highest BCUT2D eigenvalue weighted by Crippen LogP contribution is 2.38. The van der Waals surface area contributed by atoms with E-state index in [1.54, 1.807) is 12.1 Å². The van der Waals surface area contributed by atoms with Crippen LogP contribution in [0.2, 0.25) is 0 Å². The summed E-state index contributed by atoms with van der Waals surface area (Å²) in [5, 5.41) is 8.66. The van der Waals surface area contributed by atoms with Crippen LogP contribution in [-0.2, 0) is 4.79 Å². The molecule has 98 valence electrons. The molecule has 1 aliphatic heterocycles. The van der Waals surface area contributed by atoms with Crippen LogP contribution in [0.4, 0.5) is 0 Å². The SMILES string of the molecule is C#CCCOc1cc2c(cc1C=CC(=O)O)OCO2. The number of rotatable bonds is 5. The second-order valence-electron chi connectivity index (χ2n) is 3.72. The molecule has 0 saturated carbocycles. The van der Waals surface area contributed by atoms with E-state index < -0.39 is 5.97 Å². The van der Waals surface area contributed by atoms with Gasteiger partial charge in [0, 0.05) is 24.1 Å². The standard InChI is InChI=1S/C14H12O5/c1-2-3-6-17-11-8-13-12(18-9-19-13)7-10(11)4-5-14(15)16/h1,4-5,7-8H,3,6,9H2,(H,15,16). The number of fused-ring (bicyclic) bond motifs is 1. The van der Waals surface area contributed by atoms with Crippen LogP contribution in [0.3, 0.4) is 0 Å². The molecule has 0 aliphatic carbocycles. The molecule has 5 nitrogen and oxygen atoms in total. The first-order chi connectivity index (χ1) is 9.20. The van der Waals surface area contributed by atoms with Crippen LogP contribution in [0.15, 0.2) is 18.2 Å². The zero-order valence-corrected chi connectivity index (χ0v) is 10.1. The Labute approximate surface area is 110 Å². The van der Waals surface area contributed by atoms with E-state index in [-0.39, 0.29) is 6.79 Å². The van der Waals surface area contributed by atoms with Crippen LogP contribution in [-0.4, -0.2) is 24.5 Å². The van der Waals surface area contributed by atoms with Crippen LogP contribution in [0.25, 0.3) is 6.08 Å². The summed E-state index contributed by atoms with van der Waals surface area (Å²) in [5.74, 6) is 3.08. The average molecular weight is 260 g/mol. The van der Waals surface area contributed by atoms with Gasteiger partial charge in [-0.25, -0.2) is 4.79 Å².